The van der Waals surface area contributed by atoms with E-state index >= 15 is 0 Å². The van der Waals surface area contributed by atoms with Gasteiger partial charge in [-0.3, -0.25) is 0 Å². The van der Waals surface area contributed by atoms with Gasteiger partial charge in [-0.05, 0) is 20.3 Å². The lowest BCUT2D eigenvalue weighted by Gasteiger charge is -2.36. The van der Waals surface area contributed by atoms with Crippen LogP contribution < -0.4 is 12.4 Å². The molecule has 25 heavy (non-hydrogen) atoms. The number of quaternary nitrogens is 1. The Balaban J connectivity index is 0.00000576. The van der Waals surface area contributed by atoms with Crippen LogP contribution in [0.3, 0.4) is 0 Å². The molecule has 0 atom stereocenters. The summed E-state index contributed by atoms with van der Waals surface area (Å²) in [6.07, 6.45) is 13.2. The predicted octanol–water partition coefficient (Wildman–Crippen LogP) is 5.01. The highest BCUT2D eigenvalue weighted by molar-refractivity contribution is 6.23. The first-order chi connectivity index (χ1) is 11.4. The summed E-state index contributed by atoms with van der Waals surface area (Å²) in [6, 6.07) is 10.3. The van der Waals surface area contributed by atoms with Gasteiger partial charge in [0.05, 0.1) is 0 Å². The number of nitrogens with zero attached hydrogens (tertiary/aromatic N) is 1. The summed E-state index contributed by atoms with van der Waals surface area (Å²) in [5.74, 6) is 0. The molecule has 0 aromatic heterocycles. The van der Waals surface area contributed by atoms with E-state index in [0.29, 0.717) is 6.54 Å². The van der Waals surface area contributed by atoms with Gasteiger partial charge in [0.25, 0.3) is 0 Å². The summed E-state index contributed by atoms with van der Waals surface area (Å²) >= 11 is 13.4. The highest BCUT2D eigenvalue weighted by Gasteiger charge is 2.43. The molecule has 0 saturated carbocycles. The van der Waals surface area contributed by atoms with Gasteiger partial charge in [0.1, 0.15) is 12.1 Å². The second-order valence-corrected chi connectivity index (χ2v) is 8.99. The lowest BCUT2D eigenvalue weighted by Crippen LogP contribution is -3.00. The molecule has 0 aliphatic heterocycles. The van der Waals surface area contributed by atoms with Gasteiger partial charge in [-0.2, -0.15) is 0 Å². The fourth-order valence-electron chi connectivity index (χ4n) is 3.06. The number of hydrogen-bond acceptors (Lipinski definition) is 0. The maximum Gasteiger partial charge on any atom is 0.187 e. The third-order valence-corrected chi connectivity index (χ3v) is 6.16. The minimum Gasteiger partial charge on any atom is -1.00 e. The van der Waals surface area contributed by atoms with Gasteiger partial charge < -0.3 is 12.4 Å². The SMILES string of the molecule is CCCCCCCCCCCC(C)(C)[N+](Cl)(Cl)Cc1ccccc1.[Cl-]. The molecular weight excluding hydrogens is 373 g/mol. The molecular formula is C21H36Cl3N. The van der Waals surface area contributed by atoms with Gasteiger partial charge in [-0.15, -0.1) is 3.52 Å². The van der Waals surface area contributed by atoms with E-state index in [1.807, 2.05) is 18.2 Å². The fraction of sp³-hybridized carbons (Fsp3) is 0.714. The van der Waals surface area contributed by atoms with Gasteiger partial charge in [0, 0.05) is 12.0 Å². The molecule has 0 fully saturated rings. The Morgan fingerprint density at radius 1 is 0.800 bits per heavy atom. The van der Waals surface area contributed by atoms with E-state index in [9.17, 15) is 0 Å². The van der Waals surface area contributed by atoms with Crippen LogP contribution in [0, 0.1) is 0 Å². The first kappa shape index (κ1) is 25.1. The van der Waals surface area contributed by atoms with Crippen LogP contribution in [0.4, 0.5) is 0 Å². The quantitative estimate of drug-likeness (QED) is 0.318. The zero-order valence-corrected chi connectivity index (χ0v) is 18.5. The number of benzene rings is 1. The molecule has 1 aromatic carbocycles. The van der Waals surface area contributed by atoms with Crippen LogP contribution in [0.1, 0.15) is 90.5 Å². The summed E-state index contributed by atoms with van der Waals surface area (Å²) in [6.45, 7) is 7.28. The summed E-state index contributed by atoms with van der Waals surface area (Å²) in [5.41, 5.74) is 1.04. The molecule has 0 radical (unpaired) electrons. The topological polar surface area (TPSA) is 0 Å². The third kappa shape index (κ3) is 10.1. The molecule has 0 spiro atoms. The monoisotopic (exact) mass is 407 g/mol. The van der Waals surface area contributed by atoms with Crippen molar-refractivity contribution in [3.05, 3.63) is 35.9 Å². The highest BCUT2D eigenvalue weighted by atomic mass is 35.5. The second-order valence-electron chi connectivity index (χ2n) is 7.66. The molecule has 0 aliphatic carbocycles. The van der Waals surface area contributed by atoms with Crippen LogP contribution in [0.5, 0.6) is 0 Å². The van der Waals surface area contributed by atoms with Crippen LogP contribution in [0.2, 0.25) is 0 Å². The predicted molar refractivity (Wildman–Crippen MR) is 108 cm³/mol. The molecule has 0 bridgehead atoms. The first-order valence-corrected chi connectivity index (χ1v) is 10.4. The minimum atomic E-state index is -0.139. The Morgan fingerprint density at radius 3 is 1.80 bits per heavy atom. The Morgan fingerprint density at radius 2 is 1.28 bits per heavy atom. The summed E-state index contributed by atoms with van der Waals surface area (Å²) in [4.78, 5) is 0. The molecule has 146 valence electrons. The zero-order chi connectivity index (χ0) is 17.9. The van der Waals surface area contributed by atoms with Crippen LogP contribution >= 0.6 is 23.6 Å². The van der Waals surface area contributed by atoms with Crippen molar-refractivity contribution in [2.24, 2.45) is 0 Å². The highest BCUT2D eigenvalue weighted by Crippen LogP contribution is 2.38. The Bertz CT molecular complexity index is 432. The van der Waals surface area contributed by atoms with Crippen LogP contribution in [-0.4, -0.2) is 9.06 Å². The van der Waals surface area contributed by atoms with E-state index in [1.165, 1.54) is 63.4 Å². The summed E-state index contributed by atoms with van der Waals surface area (Å²) < 4.78 is 0.00797. The van der Waals surface area contributed by atoms with E-state index < -0.39 is 0 Å². The number of halogens is 3. The van der Waals surface area contributed by atoms with E-state index in [4.69, 9.17) is 23.6 Å². The van der Waals surface area contributed by atoms with E-state index in [2.05, 4.69) is 32.9 Å². The molecule has 4 heteroatoms. The molecule has 1 rings (SSSR count). The normalized spacial score (nSPS) is 12.0. The van der Waals surface area contributed by atoms with Crippen LogP contribution in [-0.2, 0) is 6.54 Å². The average Bonchev–Trinajstić information content (AvgIpc) is 2.53. The van der Waals surface area contributed by atoms with Gasteiger partial charge in [-0.1, -0.05) is 88.6 Å². The molecule has 0 heterocycles. The minimum absolute atomic E-state index is 0. The molecule has 0 saturated heterocycles. The Kier molecular flexibility index (Phi) is 13.3. The van der Waals surface area contributed by atoms with Gasteiger partial charge >= 0.3 is 0 Å². The molecule has 0 amide bonds. The number of hydrogen-bond donors (Lipinski definition) is 0. The largest absolute Gasteiger partial charge is 1.00 e. The third-order valence-electron chi connectivity index (χ3n) is 5.00. The van der Waals surface area contributed by atoms with Crippen molar-refractivity contribution in [2.45, 2.75) is 97.1 Å². The Labute approximate surface area is 172 Å². The Hall–Kier alpha value is 0.0500. The van der Waals surface area contributed by atoms with Crippen molar-refractivity contribution >= 4 is 23.6 Å². The van der Waals surface area contributed by atoms with Gasteiger partial charge in [0.2, 0.25) is 0 Å². The molecule has 0 aliphatic rings. The van der Waals surface area contributed by atoms with E-state index in [1.54, 1.807) is 0 Å². The van der Waals surface area contributed by atoms with Crippen LogP contribution in [0.15, 0.2) is 30.3 Å². The lowest BCUT2D eigenvalue weighted by atomic mass is 9.95. The smallest absolute Gasteiger partial charge is 0.187 e. The average molecular weight is 409 g/mol. The van der Waals surface area contributed by atoms with Crippen molar-refractivity contribution < 1.29 is 15.9 Å². The van der Waals surface area contributed by atoms with Crippen molar-refractivity contribution in [3.63, 3.8) is 0 Å². The maximum absolute atomic E-state index is 6.68. The second kappa shape index (κ2) is 13.3. The van der Waals surface area contributed by atoms with Crippen molar-refractivity contribution in [1.82, 2.24) is 0 Å². The standard InChI is InChI=1S/C21H36Cl2N.ClH/c1-4-5-6-7-8-9-10-11-15-18-21(2,3)24(22,23)19-20-16-13-12-14-17-20;/h12-14,16-17H,4-11,15,18-19H2,1-3H3;1H/q+1;/p-1. The van der Waals surface area contributed by atoms with E-state index in [0.717, 1.165) is 6.42 Å². The fourth-order valence-corrected chi connectivity index (χ4v) is 3.50. The zero-order valence-electron chi connectivity index (χ0n) is 16.2. The molecule has 0 N–H and O–H groups in total. The number of rotatable bonds is 13. The number of unbranched alkanes of at least 4 members (excludes halogenated alkanes) is 8. The van der Waals surface area contributed by atoms with Crippen molar-refractivity contribution in [2.75, 3.05) is 0 Å². The maximum atomic E-state index is 6.68. The van der Waals surface area contributed by atoms with Gasteiger partial charge in [-0.25, -0.2) is 0 Å². The van der Waals surface area contributed by atoms with Crippen molar-refractivity contribution in [1.29, 1.82) is 0 Å². The first-order valence-electron chi connectivity index (χ1n) is 9.70. The van der Waals surface area contributed by atoms with Crippen molar-refractivity contribution in [3.8, 4) is 0 Å². The van der Waals surface area contributed by atoms with Crippen LogP contribution in [0.25, 0.3) is 0 Å². The molecule has 1 nitrogen and oxygen atoms in total. The molecule has 0 unspecified atom stereocenters. The molecule has 1 aromatic rings. The summed E-state index contributed by atoms with van der Waals surface area (Å²) in [5, 5.41) is 0. The lowest BCUT2D eigenvalue weighted by molar-refractivity contribution is -0.767. The van der Waals surface area contributed by atoms with E-state index in [-0.39, 0.29) is 21.5 Å². The summed E-state index contributed by atoms with van der Waals surface area (Å²) in [7, 11) is 0. The van der Waals surface area contributed by atoms with Gasteiger partial charge in [0.15, 0.2) is 23.6 Å².